The van der Waals surface area contributed by atoms with E-state index in [1.54, 1.807) is 0 Å². The van der Waals surface area contributed by atoms with Crippen LogP contribution >= 0.6 is 0 Å². The lowest BCUT2D eigenvalue weighted by molar-refractivity contribution is 0.0388. The fourth-order valence-corrected chi connectivity index (χ4v) is 6.97. The summed E-state index contributed by atoms with van der Waals surface area (Å²) in [6, 6.07) is 17.3. The lowest BCUT2D eigenvalue weighted by atomic mass is 9.62. The van der Waals surface area contributed by atoms with E-state index < -0.39 is 0 Å². The summed E-state index contributed by atoms with van der Waals surface area (Å²) in [5.74, 6) is 1.23. The molecule has 0 bridgehead atoms. The predicted molar refractivity (Wildman–Crippen MR) is 177 cm³/mol. The van der Waals surface area contributed by atoms with Gasteiger partial charge in [-0.2, -0.15) is 0 Å². The lowest BCUT2D eigenvalue weighted by Gasteiger charge is -2.42. The molecule has 0 saturated carbocycles. The maximum atomic E-state index is 14.2. The molecule has 0 spiro atoms. The SMILES string of the molecule is CCN1CC(N(Cc2ccc(N(C)C)cc2)C(=O)c2ccc(Cc3cc4c(cc3C)C(C)(C)CCC4(C)C)o2)CN1CC. The smallest absolute Gasteiger partial charge is 0.290 e. The van der Waals surface area contributed by atoms with E-state index in [1.807, 2.05) is 31.1 Å². The number of carbonyl (C=O) groups excluding carboxylic acids is 1. The number of aryl methyl sites for hydroxylation is 1. The van der Waals surface area contributed by atoms with E-state index in [-0.39, 0.29) is 22.8 Å². The van der Waals surface area contributed by atoms with Crippen molar-refractivity contribution in [3.8, 4) is 0 Å². The number of carbonyl (C=O) groups is 1. The Labute approximate surface area is 259 Å². The average Bonchev–Trinajstić information content (AvgIpc) is 3.62. The van der Waals surface area contributed by atoms with Crippen molar-refractivity contribution in [1.82, 2.24) is 14.9 Å². The van der Waals surface area contributed by atoms with Crippen LogP contribution in [0.3, 0.4) is 0 Å². The summed E-state index contributed by atoms with van der Waals surface area (Å²) in [4.78, 5) is 18.3. The number of amides is 1. The van der Waals surface area contributed by atoms with Gasteiger partial charge in [-0.3, -0.25) is 4.79 Å². The molecule has 43 heavy (non-hydrogen) atoms. The molecule has 232 valence electrons. The number of rotatable bonds is 9. The number of fused-ring (bicyclic) bond motifs is 1. The van der Waals surface area contributed by atoms with Gasteiger partial charge in [0.15, 0.2) is 5.76 Å². The molecule has 5 rings (SSSR count). The first-order valence-electron chi connectivity index (χ1n) is 16.1. The van der Waals surface area contributed by atoms with Gasteiger partial charge in [0.25, 0.3) is 5.91 Å². The number of benzene rings is 2. The van der Waals surface area contributed by atoms with Gasteiger partial charge in [0.05, 0.1) is 6.04 Å². The predicted octanol–water partition coefficient (Wildman–Crippen LogP) is 7.18. The van der Waals surface area contributed by atoms with Crippen LogP contribution in [0.4, 0.5) is 5.69 Å². The first-order chi connectivity index (χ1) is 20.3. The summed E-state index contributed by atoms with van der Waals surface area (Å²) in [7, 11) is 4.09. The molecule has 1 saturated heterocycles. The van der Waals surface area contributed by atoms with E-state index in [0.717, 1.165) is 43.2 Å². The van der Waals surface area contributed by atoms with Gasteiger partial charge in [-0.15, -0.1) is 0 Å². The Bertz CT molecular complexity index is 1420. The van der Waals surface area contributed by atoms with Crippen LogP contribution < -0.4 is 4.90 Å². The minimum atomic E-state index is -0.0352. The molecule has 2 heterocycles. The first-order valence-corrected chi connectivity index (χ1v) is 16.1. The maximum Gasteiger partial charge on any atom is 0.290 e. The molecule has 1 amide bonds. The first kappa shape index (κ1) is 31.3. The zero-order valence-electron chi connectivity index (χ0n) is 28.0. The van der Waals surface area contributed by atoms with Crippen LogP contribution in [0.2, 0.25) is 0 Å². The topological polar surface area (TPSA) is 43.2 Å². The summed E-state index contributed by atoms with van der Waals surface area (Å²) in [5, 5.41) is 4.71. The van der Waals surface area contributed by atoms with Gasteiger partial charge in [0, 0.05) is 58.9 Å². The zero-order chi connectivity index (χ0) is 31.1. The standard InChI is InChI=1S/C37H52N4O2/c1-10-39-24-30(25-40(39)11-2)41(23-27-12-14-29(15-13-27)38(8)9)35(42)34-17-16-31(43-34)21-28-22-33-32(20-26(28)3)36(4,5)18-19-37(33,6)7/h12-17,20,22,30H,10-11,18-19,21,23-25H2,1-9H3. The van der Waals surface area contributed by atoms with Gasteiger partial charge < -0.3 is 14.2 Å². The highest BCUT2D eigenvalue weighted by Gasteiger charge is 2.38. The molecule has 0 radical (unpaired) electrons. The van der Waals surface area contributed by atoms with Crippen LogP contribution in [0.5, 0.6) is 0 Å². The van der Waals surface area contributed by atoms with Gasteiger partial charge in [0.1, 0.15) is 5.76 Å². The summed E-state index contributed by atoms with van der Waals surface area (Å²) < 4.78 is 6.35. The number of hydrogen-bond donors (Lipinski definition) is 0. The van der Waals surface area contributed by atoms with E-state index in [1.165, 1.54) is 35.1 Å². The molecule has 3 aromatic rings. The quantitative estimate of drug-likeness (QED) is 0.267. The van der Waals surface area contributed by atoms with Crippen LogP contribution in [0.1, 0.15) is 98.5 Å². The van der Waals surface area contributed by atoms with Crippen molar-refractivity contribution in [2.24, 2.45) is 0 Å². The van der Waals surface area contributed by atoms with Gasteiger partial charge >= 0.3 is 0 Å². The molecule has 6 heteroatoms. The third kappa shape index (κ3) is 6.41. The molecule has 6 nitrogen and oxygen atoms in total. The van der Waals surface area contributed by atoms with Crippen molar-refractivity contribution in [3.05, 3.63) is 87.9 Å². The second kappa shape index (κ2) is 12.1. The summed E-state index contributed by atoms with van der Waals surface area (Å²) >= 11 is 0. The molecule has 1 fully saturated rings. The monoisotopic (exact) mass is 584 g/mol. The summed E-state index contributed by atoms with van der Waals surface area (Å²) in [6.45, 7) is 20.1. The normalized spacial score (nSPS) is 18.5. The Morgan fingerprint density at radius 2 is 1.47 bits per heavy atom. The number of furan rings is 1. The highest BCUT2D eigenvalue weighted by molar-refractivity contribution is 5.92. The Kier molecular flexibility index (Phi) is 8.84. The molecule has 1 aromatic heterocycles. The van der Waals surface area contributed by atoms with Crippen LogP contribution in [-0.2, 0) is 23.8 Å². The Morgan fingerprint density at radius 1 is 0.884 bits per heavy atom. The third-order valence-corrected chi connectivity index (χ3v) is 10.0. The molecular weight excluding hydrogens is 532 g/mol. The molecule has 2 aromatic carbocycles. The number of nitrogens with zero attached hydrogens (tertiary/aromatic N) is 4. The lowest BCUT2D eigenvalue weighted by Crippen LogP contribution is -2.43. The summed E-state index contributed by atoms with van der Waals surface area (Å²) in [6.07, 6.45) is 3.08. The maximum absolute atomic E-state index is 14.2. The second-order valence-corrected chi connectivity index (χ2v) is 14.2. The van der Waals surface area contributed by atoms with E-state index in [9.17, 15) is 4.79 Å². The Morgan fingerprint density at radius 3 is 2.02 bits per heavy atom. The average molecular weight is 585 g/mol. The van der Waals surface area contributed by atoms with Gasteiger partial charge in [-0.1, -0.05) is 65.8 Å². The molecular formula is C37H52N4O2. The minimum Gasteiger partial charge on any atom is -0.456 e. The van der Waals surface area contributed by atoms with Crippen molar-refractivity contribution in [3.63, 3.8) is 0 Å². The molecule has 0 unspecified atom stereocenters. The van der Waals surface area contributed by atoms with Gasteiger partial charge in [-0.25, -0.2) is 10.0 Å². The zero-order valence-corrected chi connectivity index (χ0v) is 28.0. The molecule has 1 aliphatic carbocycles. The number of likely N-dealkylation sites (N-methyl/N-ethyl adjacent to an activating group) is 2. The second-order valence-electron chi connectivity index (χ2n) is 14.2. The largest absolute Gasteiger partial charge is 0.456 e. The molecule has 2 aliphatic rings. The van der Waals surface area contributed by atoms with Crippen molar-refractivity contribution >= 4 is 11.6 Å². The van der Waals surface area contributed by atoms with Crippen molar-refractivity contribution < 1.29 is 9.21 Å². The molecule has 0 atom stereocenters. The molecule has 1 aliphatic heterocycles. The van der Waals surface area contributed by atoms with Gasteiger partial charge in [-0.05, 0) is 82.7 Å². The number of anilines is 1. The van der Waals surface area contributed by atoms with E-state index >= 15 is 0 Å². The van der Waals surface area contributed by atoms with E-state index in [4.69, 9.17) is 4.42 Å². The fraction of sp³-hybridized carbons (Fsp3) is 0.541. The van der Waals surface area contributed by atoms with Crippen molar-refractivity contribution in [1.29, 1.82) is 0 Å². The van der Waals surface area contributed by atoms with Gasteiger partial charge in [0.2, 0.25) is 0 Å². The van der Waals surface area contributed by atoms with Crippen LogP contribution in [0, 0.1) is 6.92 Å². The number of hydrazine groups is 1. The minimum absolute atomic E-state index is 0.0352. The number of hydrogen-bond acceptors (Lipinski definition) is 5. The van der Waals surface area contributed by atoms with Crippen molar-refractivity contribution in [2.75, 3.05) is 45.2 Å². The Balaban J connectivity index is 1.41. The van der Waals surface area contributed by atoms with Crippen molar-refractivity contribution in [2.45, 2.75) is 91.1 Å². The van der Waals surface area contributed by atoms with Crippen LogP contribution in [0.25, 0.3) is 0 Å². The Hall–Kier alpha value is -3.09. The summed E-state index contributed by atoms with van der Waals surface area (Å²) in [5.41, 5.74) is 8.13. The molecule has 0 N–H and O–H groups in total. The fourth-order valence-electron chi connectivity index (χ4n) is 6.97. The third-order valence-electron chi connectivity index (χ3n) is 10.0. The highest BCUT2D eigenvalue weighted by Crippen LogP contribution is 2.46. The van der Waals surface area contributed by atoms with E-state index in [0.29, 0.717) is 18.7 Å². The van der Waals surface area contributed by atoms with E-state index in [2.05, 4.69) is 99.8 Å². The van der Waals surface area contributed by atoms with Crippen LogP contribution in [0.15, 0.2) is 52.9 Å². The highest BCUT2D eigenvalue weighted by atomic mass is 16.4. The van der Waals surface area contributed by atoms with Crippen LogP contribution in [-0.4, -0.2) is 67.1 Å².